The standard InChI is InChI=1S/C11H23O2.BrH.Mg/c1-4-7-11(3)8-6-9-13-10-12-5-2;;/h4,11H,5-10H2,1-3H3;1H;/q;;+1/p-1. The van der Waals surface area contributed by atoms with Gasteiger partial charge in [0.1, 0.15) is 6.79 Å². The molecule has 0 radical (unpaired) electrons. The summed E-state index contributed by atoms with van der Waals surface area (Å²) >= 11 is 3.67. The van der Waals surface area contributed by atoms with E-state index >= 15 is 0 Å². The zero-order valence-electron chi connectivity index (χ0n) is 10.3. The molecule has 2 unspecified atom stereocenters. The Kier molecular flexibility index (Phi) is 12.6. The fourth-order valence-corrected chi connectivity index (χ4v) is 3.09. The van der Waals surface area contributed by atoms with Crippen LogP contribution in [0.3, 0.4) is 0 Å². The molecule has 0 bridgehead atoms. The first kappa shape index (κ1) is 16.2. The Morgan fingerprint density at radius 3 is 2.60 bits per heavy atom. The second-order valence-corrected chi connectivity index (χ2v) is 7.91. The predicted molar refractivity (Wildman–Crippen MR) is 69.6 cm³/mol. The second-order valence-electron chi connectivity index (χ2n) is 4.26. The average molecular weight is 292 g/mol. The molecule has 2 nitrogen and oxygen atoms in total. The smallest absolute Gasteiger partial charge is 0.356 e. The summed E-state index contributed by atoms with van der Waals surface area (Å²) in [5.74, 6) is 0.834. The van der Waals surface area contributed by atoms with Crippen LogP contribution in [-0.4, -0.2) is 38.2 Å². The summed E-state index contributed by atoms with van der Waals surface area (Å²) in [7, 11) is 0. The summed E-state index contributed by atoms with van der Waals surface area (Å²) in [6, 6.07) is 0. The van der Waals surface area contributed by atoms with Gasteiger partial charge in [0, 0.05) is 13.2 Å². The van der Waals surface area contributed by atoms with Gasteiger partial charge in [0.05, 0.1) is 0 Å². The van der Waals surface area contributed by atoms with Crippen molar-refractivity contribution < 1.29 is 9.47 Å². The van der Waals surface area contributed by atoms with E-state index in [1.54, 1.807) is 0 Å². The van der Waals surface area contributed by atoms with E-state index in [0.717, 1.165) is 29.6 Å². The molecule has 15 heavy (non-hydrogen) atoms. The molecule has 0 aromatic rings. The molecule has 0 aliphatic rings. The van der Waals surface area contributed by atoms with Crippen molar-refractivity contribution in [1.29, 1.82) is 0 Å². The van der Waals surface area contributed by atoms with Crippen LogP contribution in [0.15, 0.2) is 0 Å². The molecule has 2 atom stereocenters. The topological polar surface area (TPSA) is 18.5 Å². The molecule has 0 aromatic heterocycles. The van der Waals surface area contributed by atoms with Gasteiger partial charge in [-0.1, -0.05) is 20.3 Å². The number of halogens is 1. The Labute approximate surface area is 110 Å². The van der Waals surface area contributed by atoms with Gasteiger partial charge in [-0.2, -0.15) is 0 Å². The van der Waals surface area contributed by atoms with Crippen molar-refractivity contribution in [3.8, 4) is 0 Å². The number of hydrogen-bond donors (Lipinski definition) is 0. The lowest BCUT2D eigenvalue weighted by Crippen LogP contribution is -2.05. The summed E-state index contributed by atoms with van der Waals surface area (Å²) in [6.45, 7) is 8.71. The van der Waals surface area contributed by atoms with Crippen LogP contribution in [0, 0.1) is 5.92 Å². The molecule has 88 valence electrons. The lowest BCUT2D eigenvalue weighted by molar-refractivity contribution is -0.0507. The SMILES string of the molecule is CCOCOCCCC(C)C[CH](C)[Mg][Br]. The summed E-state index contributed by atoms with van der Waals surface area (Å²) in [5.41, 5.74) is 0. The molecule has 0 amide bonds. The number of ether oxygens (including phenoxy) is 2. The van der Waals surface area contributed by atoms with Gasteiger partial charge in [-0.3, -0.25) is 0 Å². The molecule has 0 saturated carbocycles. The highest BCUT2D eigenvalue weighted by molar-refractivity contribution is 9.23. The highest BCUT2D eigenvalue weighted by Crippen LogP contribution is 2.21. The van der Waals surface area contributed by atoms with Crippen LogP contribution >= 0.6 is 12.9 Å². The van der Waals surface area contributed by atoms with Crippen LogP contribution in [0.2, 0.25) is 4.05 Å². The Balaban J connectivity index is 3.20. The van der Waals surface area contributed by atoms with Crippen LogP contribution < -0.4 is 0 Å². The highest BCUT2D eigenvalue weighted by atomic mass is 79.9. The lowest BCUT2D eigenvalue weighted by Gasteiger charge is -2.15. The molecular weight excluding hydrogens is 268 g/mol. The Morgan fingerprint density at radius 2 is 2.00 bits per heavy atom. The summed E-state index contributed by atoms with van der Waals surface area (Å²) < 4.78 is 11.4. The fraction of sp³-hybridized carbons (Fsp3) is 1.00. The number of rotatable bonds is 10. The van der Waals surface area contributed by atoms with Gasteiger partial charge in [-0.25, -0.2) is 0 Å². The molecular formula is C11H23BrMgO2. The third-order valence-corrected chi connectivity index (χ3v) is 6.60. The largest absolute Gasteiger partial charge is 0.471 e. The van der Waals surface area contributed by atoms with Gasteiger partial charge in [-0.05, 0) is 25.7 Å². The lowest BCUT2D eigenvalue weighted by atomic mass is 10.0. The van der Waals surface area contributed by atoms with E-state index in [0.29, 0.717) is 6.79 Å². The zero-order valence-corrected chi connectivity index (χ0v) is 13.3. The first-order valence-corrected chi connectivity index (χ1v) is 10.6. The maximum absolute atomic E-state index is 5.33. The van der Waals surface area contributed by atoms with E-state index in [-0.39, 0.29) is 18.2 Å². The van der Waals surface area contributed by atoms with Crippen molar-refractivity contribution in [2.45, 2.75) is 44.1 Å². The fourth-order valence-electron chi connectivity index (χ4n) is 1.60. The zero-order chi connectivity index (χ0) is 11.5. The van der Waals surface area contributed by atoms with Gasteiger partial charge in [0.15, 0.2) is 0 Å². The van der Waals surface area contributed by atoms with E-state index in [9.17, 15) is 0 Å². The first-order valence-electron chi connectivity index (χ1n) is 5.92. The minimum absolute atomic E-state index is 0.0170. The molecule has 4 heteroatoms. The van der Waals surface area contributed by atoms with E-state index in [1.807, 2.05) is 6.92 Å². The van der Waals surface area contributed by atoms with Crippen molar-refractivity contribution in [1.82, 2.24) is 0 Å². The van der Waals surface area contributed by atoms with Crippen molar-refractivity contribution in [3.63, 3.8) is 0 Å². The van der Waals surface area contributed by atoms with E-state index in [4.69, 9.17) is 9.47 Å². The summed E-state index contributed by atoms with van der Waals surface area (Å²) in [6.07, 6.45) is 3.80. The average Bonchev–Trinajstić information content (AvgIpc) is 2.23. The minimum atomic E-state index is 0.0170. The minimum Gasteiger partial charge on any atom is -0.356 e. The van der Waals surface area contributed by atoms with Gasteiger partial charge in [0.2, 0.25) is 0 Å². The van der Waals surface area contributed by atoms with Gasteiger partial charge < -0.3 is 22.4 Å². The Morgan fingerprint density at radius 1 is 1.27 bits per heavy atom. The second kappa shape index (κ2) is 11.6. The van der Waals surface area contributed by atoms with Crippen molar-refractivity contribution in [2.24, 2.45) is 5.92 Å². The van der Waals surface area contributed by atoms with Crippen LogP contribution in [0.25, 0.3) is 0 Å². The molecule has 0 aromatic carbocycles. The molecule has 0 rings (SSSR count). The van der Waals surface area contributed by atoms with Crippen LogP contribution in [0.1, 0.15) is 40.0 Å². The Hall–Kier alpha value is 1.17. The van der Waals surface area contributed by atoms with Crippen molar-refractivity contribution in [3.05, 3.63) is 0 Å². The predicted octanol–water partition coefficient (Wildman–Crippen LogP) is 3.63. The molecule has 0 fully saturated rings. The molecule has 0 aliphatic heterocycles. The molecule has 0 heterocycles. The maximum atomic E-state index is 5.33. The van der Waals surface area contributed by atoms with Gasteiger partial charge in [-0.15, -0.1) is 4.05 Å². The van der Waals surface area contributed by atoms with Crippen LogP contribution in [-0.2, 0) is 9.47 Å². The molecule has 0 N–H and O–H groups in total. The Bertz CT molecular complexity index is 136. The third-order valence-electron chi connectivity index (χ3n) is 2.42. The monoisotopic (exact) mass is 290 g/mol. The third kappa shape index (κ3) is 11.4. The van der Waals surface area contributed by atoms with Crippen LogP contribution in [0.4, 0.5) is 0 Å². The molecule has 0 saturated heterocycles. The number of hydrogen-bond acceptors (Lipinski definition) is 2. The van der Waals surface area contributed by atoms with Crippen molar-refractivity contribution >= 4 is 31.1 Å². The summed E-state index contributed by atoms with van der Waals surface area (Å²) in [4.78, 5) is 0. The van der Waals surface area contributed by atoms with Gasteiger partial charge >= 0.3 is 18.2 Å². The van der Waals surface area contributed by atoms with E-state index in [2.05, 4.69) is 26.7 Å². The molecule has 0 spiro atoms. The maximum Gasteiger partial charge on any atom is 0.471 e. The highest BCUT2D eigenvalue weighted by Gasteiger charge is 2.09. The normalized spacial score (nSPS) is 14.7. The first-order chi connectivity index (χ1) is 7.20. The van der Waals surface area contributed by atoms with E-state index < -0.39 is 0 Å². The summed E-state index contributed by atoms with van der Waals surface area (Å²) in [5, 5.41) is 0. The molecule has 0 aliphatic carbocycles. The van der Waals surface area contributed by atoms with E-state index in [1.165, 1.54) is 12.8 Å². The van der Waals surface area contributed by atoms with Crippen molar-refractivity contribution in [2.75, 3.05) is 20.0 Å². The quantitative estimate of drug-likeness (QED) is 0.348. The van der Waals surface area contributed by atoms with Crippen LogP contribution in [0.5, 0.6) is 0 Å². The van der Waals surface area contributed by atoms with Gasteiger partial charge in [0.25, 0.3) is 0 Å².